The van der Waals surface area contributed by atoms with Gasteiger partial charge in [-0.25, -0.2) is 9.18 Å². The van der Waals surface area contributed by atoms with Gasteiger partial charge in [-0.15, -0.1) is 0 Å². The number of H-pyrrole nitrogens is 1. The van der Waals surface area contributed by atoms with Crippen molar-refractivity contribution in [3.05, 3.63) is 69.6 Å². The van der Waals surface area contributed by atoms with E-state index in [1.54, 1.807) is 25.5 Å². The molecule has 2 heterocycles. The Kier molecular flexibility index (Phi) is 4.90. The van der Waals surface area contributed by atoms with Crippen LogP contribution in [0.3, 0.4) is 0 Å². The van der Waals surface area contributed by atoms with E-state index in [0.717, 1.165) is 10.9 Å². The molecule has 0 bridgehead atoms. The average Bonchev–Trinajstić information content (AvgIpc) is 2.64. The number of pyridine rings is 2. The molecule has 0 unspecified atom stereocenters. The highest BCUT2D eigenvalue weighted by molar-refractivity contribution is 6.31. The number of rotatable bonds is 3. The van der Waals surface area contributed by atoms with E-state index in [9.17, 15) is 14.0 Å². The van der Waals surface area contributed by atoms with Crippen LogP contribution in [0.25, 0.3) is 10.8 Å². The van der Waals surface area contributed by atoms with Gasteiger partial charge in [-0.05, 0) is 42.1 Å². The molecule has 0 aliphatic carbocycles. The van der Waals surface area contributed by atoms with Gasteiger partial charge < -0.3 is 15.2 Å². The number of nitrogens with one attached hydrogen (secondary N) is 2. The van der Waals surface area contributed by atoms with Crippen molar-refractivity contribution in [1.82, 2.24) is 14.9 Å². The highest BCUT2D eigenvalue weighted by Gasteiger charge is 2.20. The summed E-state index contributed by atoms with van der Waals surface area (Å²) in [5.74, 6) is -0.556. The minimum atomic E-state index is -0.556. The Morgan fingerprint density at radius 3 is 2.85 bits per heavy atom. The SMILES string of the molecule is C[C@H](c1c[nH]c(=O)c2cnccc12)N(C)C(=O)Nc1ccc(F)c(Cl)c1. The zero-order valence-corrected chi connectivity index (χ0v) is 14.8. The van der Waals surface area contributed by atoms with E-state index in [0.29, 0.717) is 11.1 Å². The van der Waals surface area contributed by atoms with Gasteiger partial charge in [0.15, 0.2) is 0 Å². The van der Waals surface area contributed by atoms with Gasteiger partial charge in [0.25, 0.3) is 5.56 Å². The Labute approximate surface area is 153 Å². The number of urea groups is 1. The third-order valence-electron chi connectivity index (χ3n) is 4.26. The molecule has 2 amide bonds. The lowest BCUT2D eigenvalue weighted by molar-refractivity contribution is 0.208. The Balaban J connectivity index is 1.86. The molecule has 134 valence electrons. The van der Waals surface area contributed by atoms with Gasteiger partial charge in [0.05, 0.1) is 16.5 Å². The minimum Gasteiger partial charge on any atom is -0.328 e. The van der Waals surface area contributed by atoms with Gasteiger partial charge >= 0.3 is 6.03 Å². The summed E-state index contributed by atoms with van der Waals surface area (Å²) in [5, 5.41) is 3.78. The van der Waals surface area contributed by atoms with Crippen LogP contribution in [-0.2, 0) is 0 Å². The number of aromatic amines is 1. The lowest BCUT2D eigenvalue weighted by Gasteiger charge is -2.26. The standard InChI is InChI=1S/C18H16ClFN4O2/c1-10(13-9-22-17(25)14-8-21-6-5-12(13)14)24(2)18(26)23-11-3-4-16(20)15(19)7-11/h3-10H,1-2H3,(H,22,25)(H,23,26)/t10-/m1/s1. The van der Waals surface area contributed by atoms with Crippen molar-refractivity contribution in [2.45, 2.75) is 13.0 Å². The van der Waals surface area contributed by atoms with E-state index in [4.69, 9.17) is 11.6 Å². The number of nitrogens with zero attached hydrogens (tertiary/aromatic N) is 2. The molecule has 2 aromatic heterocycles. The fourth-order valence-electron chi connectivity index (χ4n) is 2.64. The fraction of sp³-hybridized carbons (Fsp3) is 0.167. The highest BCUT2D eigenvalue weighted by Crippen LogP contribution is 2.25. The average molecular weight is 375 g/mol. The van der Waals surface area contributed by atoms with E-state index in [1.807, 2.05) is 6.92 Å². The van der Waals surface area contributed by atoms with E-state index < -0.39 is 11.8 Å². The highest BCUT2D eigenvalue weighted by atomic mass is 35.5. The lowest BCUT2D eigenvalue weighted by Crippen LogP contribution is -2.34. The van der Waals surface area contributed by atoms with Crippen molar-refractivity contribution in [3.8, 4) is 0 Å². The Morgan fingerprint density at radius 1 is 1.35 bits per heavy atom. The number of anilines is 1. The van der Waals surface area contributed by atoms with E-state index in [-0.39, 0.29) is 16.6 Å². The number of carbonyl (C=O) groups is 1. The topological polar surface area (TPSA) is 78.1 Å². The first-order valence-electron chi connectivity index (χ1n) is 7.82. The third-order valence-corrected chi connectivity index (χ3v) is 4.55. The van der Waals surface area contributed by atoms with Crippen molar-refractivity contribution >= 4 is 34.1 Å². The molecular weight excluding hydrogens is 359 g/mol. The van der Waals surface area contributed by atoms with Crippen molar-refractivity contribution in [1.29, 1.82) is 0 Å². The predicted molar refractivity (Wildman–Crippen MR) is 99.0 cm³/mol. The second kappa shape index (κ2) is 7.13. The van der Waals surface area contributed by atoms with Gasteiger partial charge in [0.2, 0.25) is 0 Å². The zero-order valence-electron chi connectivity index (χ0n) is 14.1. The first kappa shape index (κ1) is 17.9. The molecule has 0 radical (unpaired) electrons. The Hall–Kier alpha value is -2.93. The monoisotopic (exact) mass is 374 g/mol. The van der Waals surface area contributed by atoms with E-state index in [2.05, 4.69) is 15.3 Å². The lowest BCUT2D eigenvalue weighted by atomic mass is 10.0. The summed E-state index contributed by atoms with van der Waals surface area (Å²) in [4.78, 5) is 32.6. The maximum Gasteiger partial charge on any atom is 0.322 e. The van der Waals surface area contributed by atoms with Crippen LogP contribution in [0, 0.1) is 5.82 Å². The zero-order chi connectivity index (χ0) is 18.8. The molecule has 0 aliphatic heterocycles. The molecule has 3 aromatic rings. The maximum atomic E-state index is 13.2. The molecular formula is C18H16ClFN4O2. The molecule has 0 saturated carbocycles. The Bertz CT molecular complexity index is 1040. The molecule has 1 atom stereocenters. The van der Waals surface area contributed by atoms with Gasteiger partial charge in [0, 0.05) is 31.3 Å². The van der Waals surface area contributed by atoms with Crippen molar-refractivity contribution in [2.75, 3.05) is 12.4 Å². The summed E-state index contributed by atoms with van der Waals surface area (Å²) in [5.41, 5.74) is 0.921. The van der Waals surface area contributed by atoms with E-state index >= 15 is 0 Å². The van der Waals surface area contributed by atoms with Crippen LogP contribution in [0.1, 0.15) is 18.5 Å². The van der Waals surface area contributed by atoms with Crippen molar-refractivity contribution in [2.24, 2.45) is 0 Å². The van der Waals surface area contributed by atoms with Crippen LogP contribution in [0.4, 0.5) is 14.9 Å². The first-order chi connectivity index (χ1) is 12.4. The fourth-order valence-corrected chi connectivity index (χ4v) is 2.82. The molecule has 1 aromatic carbocycles. The Morgan fingerprint density at radius 2 is 2.12 bits per heavy atom. The number of benzene rings is 1. The number of halogens is 2. The number of carbonyl (C=O) groups excluding carboxylic acids is 1. The smallest absolute Gasteiger partial charge is 0.322 e. The summed E-state index contributed by atoms with van der Waals surface area (Å²) in [7, 11) is 1.63. The van der Waals surface area contributed by atoms with Crippen LogP contribution in [0.5, 0.6) is 0 Å². The summed E-state index contributed by atoms with van der Waals surface area (Å²) in [6, 6.07) is 4.96. The molecule has 0 aliphatic rings. The second-order valence-electron chi connectivity index (χ2n) is 5.84. The van der Waals surface area contributed by atoms with Crippen LogP contribution in [0.2, 0.25) is 5.02 Å². The van der Waals surface area contributed by atoms with Crippen LogP contribution < -0.4 is 10.9 Å². The molecule has 2 N–H and O–H groups in total. The molecule has 8 heteroatoms. The number of fused-ring (bicyclic) bond motifs is 1. The summed E-state index contributed by atoms with van der Waals surface area (Å²) in [6.07, 6.45) is 4.68. The second-order valence-corrected chi connectivity index (χ2v) is 6.25. The molecule has 6 nitrogen and oxygen atoms in total. The number of hydrogen-bond acceptors (Lipinski definition) is 3. The predicted octanol–water partition coefficient (Wildman–Crippen LogP) is 3.94. The quantitative estimate of drug-likeness (QED) is 0.728. The van der Waals surface area contributed by atoms with Gasteiger partial charge in [-0.1, -0.05) is 11.6 Å². The first-order valence-corrected chi connectivity index (χ1v) is 8.20. The van der Waals surface area contributed by atoms with Crippen LogP contribution in [0.15, 0.2) is 47.7 Å². The minimum absolute atomic E-state index is 0.0716. The van der Waals surface area contributed by atoms with Crippen molar-refractivity contribution in [3.63, 3.8) is 0 Å². The van der Waals surface area contributed by atoms with E-state index in [1.165, 1.54) is 29.3 Å². The number of aromatic nitrogens is 2. The molecule has 26 heavy (non-hydrogen) atoms. The maximum absolute atomic E-state index is 13.2. The molecule has 3 rings (SSSR count). The van der Waals surface area contributed by atoms with Crippen LogP contribution >= 0.6 is 11.6 Å². The van der Waals surface area contributed by atoms with Crippen LogP contribution in [-0.4, -0.2) is 27.9 Å². The van der Waals surface area contributed by atoms with Gasteiger partial charge in [0.1, 0.15) is 5.82 Å². The summed E-state index contributed by atoms with van der Waals surface area (Å²) in [6.45, 7) is 1.84. The number of hydrogen-bond donors (Lipinski definition) is 2. The summed E-state index contributed by atoms with van der Waals surface area (Å²) < 4.78 is 13.2. The van der Waals surface area contributed by atoms with Gasteiger partial charge in [-0.2, -0.15) is 0 Å². The van der Waals surface area contributed by atoms with Crippen molar-refractivity contribution < 1.29 is 9.18 Å². The van der Waals surface area contributed by atoms with Gasteiger partial charge in [-0.3, -0.25) is 9.78 Å². The molecule has 0 spiro atoms. The third kappa shape index (κ3) is 3.39. The largest absolute Gasteiger partial charge is 0.328 e. The normalized spacial score (nSPS) is 12.0. The molecule has 0 fully saturated rings. The molecule has 0 saturated heterocycles. The number of amides is 2. The summed E-state index contributed by atoms with van der Waals surface area (Å²) >= 11 is 5.74.